The van der Waals surface area contributed by atoms with E-state index in [9.17, 15) is 4.79 Å². The predicted molar refractivity (Wildman–Crippen MR) is 69.4 cm³/mol. The number of amides is 1. The molecule has 16 heavy (non-hydrogen) atoms. The molecule has 0 aliphatic rings. The topological polar surface area (TPSA) is 41.1 Å². The molecule has 2 N–H and O–H groups in total. The van der Waals surface area contributed by atoms with Crippen LogP contribution in [0.4, 0.5) is 0 Å². The van der Waals surface area contributed by atoms with Crippen molar-refractivity contribution in [3.63, 3.8) is 0 Å². The van der Waals surface area contributed by atoms with Gasteiger partial charge in [0.05, 0.1) is 6.04 Å². The van der Waals surface area contributed by atoms with Gasteiger partial charge in [-0.3, -0.25) is 4.79 Å². The van der Waals surface area contributed by atoms with Gasteiger partial charge in [0, 0.05) is 6.04 Å². The van der Waals surface area contributed by atoms with Crippen molar-refractivity contribution in [2.75, 3.05) is 6.54 Å². The lowest BCUT2D eigenvalue weighted by molar-refractivity contribution is -0.123. The van der Waals surface area contributed by atoms with Crippen LogP contribution in [-0.4, -0.2) is 24.5 Å². The molecule has 0 aliphatic heterocycles. The highest BCUT2D eigenvalue weighted by atomic mass is 16.2. The first-order chi connectivity index (χ1) is 7.47. The Labute approximate surface area is 100 Å². The summed E-state index contributed by atoms with van der Waals surface area (Å²) < 4.78 is 0. The van der Waals surface area contributed by atoms with Crippen molar-refractivity contribution in [2.24, 2.45) is 5.92 Å². The van der Waals surface area contributed by atoms with Crippen LogP contribution in [0.25, 0.3) is 0 Å². The minimum absolute atomic E-state index is 0.0823. The second-order valence-corrected chi connectivity index (χ2v) is 5.03. The molecule has 2 unspecified atom stereocenters. The lowest BCUT2D eigenvalue weighted by Gasteiger charge is -2.17. The van der Waals surface area contributed by atoms with E-state index in [-0.39, 0.29) is 18.0 Å². The van der Waals surface area contributed by atoms with Crippen molar-refractivity contribution in [3.05, 3.63) is 0 Å². The summed E-state index contributed by atoms with van der Waals surface area (Å²) in [7, 11) is 0. The van der Waals surface area contributed by atoms with Crippen LogP contribution in [-0.2, 0) is 4.79 Å². The van der Waals surface area contributed by atoms with E-state index in [2.05, 4.69) is 31.4 Å². The monoisotopic (exact) mass is 228 g/mol. The van der Waals surface area contributed by atoms with Gasteiger partial charge in [-0.15, -0.1) is 0 Å². The van der Waals surface area contributed by atoms with Gasteiger partial charge in [-0.25, -0.2) is 0 Å². The van der Waals surface area contributed by atoms with E-state index in [0.717, 1.165) is 25.3 Å². The van der Waals surface area contributed by atoms with E-state index < -0.39 is 0 Å². The maximum Gasteiger partial charge on any atom is 0.237 e. The molecule has 0 bridgehead atoms. The largest absolute Gasteiger partial charge is 0.352 e. The molecule has 0 aliphatic carbocycles. The molecule has 0 spiro atoms. The molecule has 2 atom stereocenters. The van der Waals surface area contributed by atoms with Gasteiger partial charge in [0.25, 0.3) is 0 Å². The first-order valence-electron chi connectivity index (χ1n) is 6.51. The van der Waals surface area contributed by atoms with Crippen LogP contribution in [0.2, 0.25) is 0 Å². The fourth-order valence-corrected chi connectivity index (χ4v) is 1.39. The van der Waals surface area contributed by atoms with Gasteiger partial charge in [-0.1, -0.05) is 20.8 Å². The summed E-state index contributed by atoms with van der Waals surface area (Å²) in [6.45, 7) is 11.4. The van der Waals surface area contributed by atoms with Crippen molar-refractivity contribution in [3.8, 4) is 0 Å². The summed E-state index contributed by atoms with van der Waals surface area (Å²) in [5, 5.41) is 6.23. The average Bonchev–Trinajstić information content (AvgIpc) is 2.23. The van der Waals surface area contributed by atoms with Crippen LogP contribution < -0.4 is 10.6 Å². The summed E-state index contributed by atoms with van der Waals surface area (Å²) in [5.41, 5.74) is 0. The van der Waals surface area contributed by atoms with Crippen molar-refractivity contribution >= 4 is 5.91 Å². The third-order valence-corrected chi connectivity index (χ3v) is 2.80. The Morgan fingerprint density at radius 1 is 1.19 bits per heavy atom. The second-order valence-electron chi connectivity index (χ2n) is 5.03. The Bertz CT molecular complexity index is 192. The van der Waals surface area contributed by atoms with Gasteiger partial charge in [0.2, 0.25) is 5.91 Å². The molecule has 0 radical (unpaired) electrons. The minimum atomic E-state index is -0.0823. The number of nitrogens with one attached hydrogen (secondary N) is 2. The standard InChI is InChI=1S/C13H28N2O/c1-6-11(4)15-13(16)12(5)14-9-7-8-10(2)3/h10-12,14H,6-9H2,1-5H3,(H,15,16). The van der Waals surface area contributed by atoms with Crippen molar-refractivity contribution in [2.45, 2.75) is 66.0 Å². The summed E-state index contributed by atoms with van der Waals surface area (Å²) in [5.74, 6) is 0.852. The van der Waals surface area contributed by atoms with Crippen LogP contribution in [0.5, 0.6) is 0 Å². The first kappa shape index (κ1) is 15.4. The van der Waals surface area contributed by atoms with Crippen molar-refractivity contribution in [1.29, 1.82) is 0 Å². The van der Waals surface area contributed by atoms with E-state index in [4.69, 9.17) is 0 Å². The molecule has 1 amide bonds. The fraction of sp³-hybridized carbons (Fsp3) is 0.923. The Morgan fingerprint density at radius 2 is 1.81 bits per heavy atom. The van der Waals surface area contributed by atoms with Gasteiger partial charge in [0.15, 0.2) is 0 Å². The summed E-state index contributed by atoms with van der Waals surface area (Å²) in [4.78, 5) is 11.7. The van der Waals surface area contributed by atoms with Gasteiger partial charge < -0.3 is 10.6 Å². The van der Waals surface area contributed by atoms with Crippen LogP contribution in [0.3, 0.4) is 0 Å². The third-order valence-electron chi connectivity index (χ3n) is 2.80. The maximum absolute atomic E-state index is 11.7. The highest BCUT2D eigenvalue weighted by molar-refractivity contribution is 5.81. The molecule has 3 nitrogen and oxygen atoms in total. The van der Waals surface area contributed by atoms with Crippen molar-refractivity contribution < 1.29 is 4.79 Å². The molecule has 0 fully saturated rings. The molecule has 3 heteroatoms. The van der Waals surface area contributed by atoms with Crippen LogP contribution in [0, 0.1) is 5.92 Å². The highest BCUT2D eigenvalue weighted by Crippen LogP contribution is 2.02. The van der Waals surface area contributed by atoms with Crippen LogP contribution >= 0.6 is 0 Å². The predicted octanol–water partition coefficient (Wildman–Crippen LogP) is 2.32. The fourth-order valence-electron chi connectivity index (χ4n) is 1.39. The van der Waals surface area contributed by atoms with Gasteiger partial charge in [-0.2, -0.15) is 0 Å². The van der Waals surface area contributed by atoms with Crippen LogP contribution in [0.1, 0.15) is 53.9 Å². The van der Waals surface area contributed by atoms with E-state index in [0.29, 0.717) is 0 Å². The number of carbonyl (C=O) groups is 1. The SMILES string of the molecule is CCC(C)NC(=O)C(C)NCCCC(C)C. The zero-order valence-corrected chi connectivity index (χ0v) is 11.5. The summed E-state index contributed by atoms with van der Waals surface area (Å²) >= 11 is 0. The molecule has 0 aromatic rings. The zero-order valence-electron chi connectivity index (χ0n) is 11.5. The van der Waals surface area contributed by atoms with E-state index in [1.807, 2.05) is 13.8 Å². The molecule has 0 aromatic carbocycles. The number of carbonyl (C=O) groups excluding carboxylic acids is 1. The highest BCUT2D eigenvalue weighted by Gasteiger charge is 2.13. The van der Waals surface area contributed by atoms with E-state index in [1.54, 1.807) is 0 Å². The lowest BCUT2D eigenvalue weighted by atomic mass is 10.1. The quantitative estimate of drug-likeness (QED) is 0.626. The number of hydrogen-bond acceptors (Lipinski definition) is 2. The summed E-state index contributed by atoms with van der Waals surface area (Å²) in [6.07, 6.45) is 3.33. The Kier molecular flexibility index (Phi) is 8.26. The maximum atomic E-state index is 11.7. The van der Waals surface area contributed by atoms with Gasteiger partial charge in [0.1, 0.15) is 0 Å². The van der Waals surface area contributed by atoms with Gasteiger partial charge in [-0.05, 0) is 45.6 Å². The third kappa shape index (κ3) is 7.69. The molecule has 96 valence electrons. The Hall–Kier alpha value is -0.570. The minimum Gasteiger partial charge on any atom is -0.352 e. The number of hydrogen-bond donors (Lipinski definition) is 2. The summed E-state index contributed by atoms with van der Waals surface area (Å²) in [6, 6.07) is 0.188. The lowest BCUT2D eigenvalue weighted by Crippen LogP contribution is -2.45. The second kappa shape index (κ2) is 8.57. The molecule has 0 rings (SSSR count). The van der Waals surface area contributed by atoms with Crippen LogP contribution in [0.15, 0.2) is 0 Å². The average molecular weight is 228 g/mol. The molecule has 0 saturated carbocycles. The normalized spacial score (nSPS) is 14.9. The van der Waals surface area contributed by atoms with Crippen molar-refractivity contribution in [1.82, 2.24) is 10.6 Å². The Morgan fingerprint density at radius 3 is 2.31 bits per heavy atom. The zero-order chi connectivity index (χ0) is 12.6. The molecule has 0 heterocycles. The first-order valence-corrected chi connectivity index (χ1v) is 6.51. The molecule has 0 saturated heterocycles. The molecule has 0 aromatic heterocycles. The smallest absolute Gasteiger partial charge is 0.237 e. The van der Waals surface area contributed by atoms with E-state index >= 15 is 0 Å². The van der Waals surface area contributed by atoms with Gasteiger partial charge >= 0.3 is 0 Å². The molecular formula is C13H28N2O. The molecular weight excluding hydrogens is 200 g/mol. The number of rotatable bonds is 8. The Balaban J connectivity index is 3.63. The van der Waals surface area contributed by atoms with E-state index in [1.165, 1.54) is 6.42 Å².